The maximum atomic E-state index is 13.7. The highest BCUT2D eigenvalue weighted by Gasteiger charge is 2.42. The minimum absolute atomic E-state index is 0.0606. The van der Waals surface area contributed by atoms with Gasteiger partial charge in [0.15, 0.2) is 0 Å². The Morgan fingerprint density at radius 3 is 1.97 bits per heavy atom. The van der Waals surface area contributed by atoms with Crippen LogP contribution < -0.4 is 10.2 Å². The van der Waals surface area contributed by atoms with Crippen molar-refractivity contribution in [3.8, 4) is 0 Å². The summed E-state index contributed by atoms with van der Waals surface area (Å²) >= 11 is 0. The number of hydrogen-bond donors (Lipinski definition) is 1. The average Bonchev–Trinajstić information content (AvgIpc) is 3.22. The number of carbonyl (C=O) groups excluding carboxylic acids is 2. The molecule has 37 heavy (non-hydrogen) atoms. The Kier molecular flexibility index (Phi) is 7.04. The van der Waals surface area contributed by atoms with Gasteiger partial charge in [0.05, 0.1) is 0 Å². The third-order valence-corrected chi connectivity index (χ3v) is 7.01. The molecule has 0 radical (unpaired) electrons. The third-order valence-electron chi connectivity index (χ3n) is 7.01. The van der Waals surface area contributed by atoms with E-state index in [0.29, 0.717) is 18.7 Å². The molecule has 5 heteroatoms. The predicted molar refractivity (Wildman–Crippen MR) is 148 cm³/mol. The van der Waals surface area contributed by atoms with Gasteiger partial charge in [0.2, 0.25) is 5.91 Å². The first-order valence-corrected chi connectivity index (χ1v) is 12.6. The summed E-state index contributed by atoms with van der Waals surface area (Å²) in [5.74, 6) is -0.340. The highest BCUT2D eigenvalue weighted by Crippen LogP contribution is 2.37. The van der Waals surface area contributed by atoms with E-state index in [0.717, 1.165) is 27.9 Å². The van der Waals surface area contributed by atoms with Gasteiger partial charge >= 0.3 is 0 Å². The van der Waals surface area contributed by atoms with Gasteiger partial charge in [0.25, 0.3) is 5.91 Å². The van der Waals surface area contributed by atoms with E-state index in [2.05, 4.69) is 29.6 Å². The van der Waals surface area contributed by atoms with Crippen molar-refractivity contribution in [1.29, 1.82) is 0 Å². The second-order valence-corrected chi connectivity index (χ2v) is 9.60. The fourth-order valence-electron chi connectivity index (χ4n) is 5.01. The minimum atomic E-state index is -0.681. The lowest BCUT2D eigenvalue weighted by atomic mass is 9.90. The van der Waals surface area contributed by atoms with Crippen molar-refractivity contribution < 1.29 is 9.59 Å². The summed E-state index contributed by atoms with van der Waals surface area (Å²) in [6, 6.07) is 35.2. The van der Waals surface area contributed by atoms with Gasteiger partial charge in [-0.3, -0.25) is 9.59 Å². The number of carbonyl (C=O) groups is 2. The van der Waals surface area contributed by atoms with Crippen molar-refractivity contribution in [2.24, 2.45) is 0 Å². The molecule has 5 rings (SSSR count). The standard InChI is InChI=1S/C32H31N3O2/c1-34(2)26-19-17-23(18-20-26)21-33-31(36)30-27-15-9-10-16-28(27)32(37)35(30)22-29(24-11-5-3-6-12-24)25-13-7-4-8-14-25/h3-20,29-30H,21-22H2,1-2H3,(H,33,36). The monoisotopic (exact) mass is 489 g/mol. The first-order valence-electron chi connectivity index (χ1n) is 12.6. The Morgan fingerprint density at radius 2 is 1.38 bits per heavy atom. The molecule has 1 aliphatic heterocycles. The molecule has 1 heterocycles. The lowest BCUT2D eigenvalue weighted by molar-refractivity contribution is -0.125. The van der Waals surface area contributed by atoms with Crippen LogP contribution in [0.4, 0.5) is 5.69 Å². The summed E-state index contributed by atoms with van der Waals surface area (Å²) < 4.78 is 0. The van der Waals surface area contributed by atoms with E-state index in [1.54, 1.807) is 4.90 Å². The second kappa shape index (κ2) is 10.7. The lowest BCUT2D eigenvalue weighted by Crippen LogP contribution is -2.41. The highest BCUT2D eigenvalue weighted by atomic mass is 16.2. The van der Waals surface area contributed by atoms with Crippen molar-refractivity contribution in [3.63, 3.8) is 0 Å². The number of amides is 2. The largest absolute Gasteiger partial charge is 0.378 e. The molecule has 0 bridgehead atoms. The SMILES string of the molecule is CN(C)c1ccc(CNC(=O)C2c3ccccc3C(=O)N2CC(c2ccccc2)c2ccccc2)cc1. The molecule has 1 N–H and O–H groups in total. The first kappa shape index (κ1) is 24.3. The molecule has 186 valence electrons. The average molecular weight is 490 g/mol. The number of rotatable bonds is 8. The van der Waals surface area contributed by atoms with Crippen LogP contribution >= 0.6 is 0 Å². The molecule has 4 aromatic carbocycles. The predicted octanol–water partition coefficient (Wildman–Crippen LogP) is 5.40. The fourth-order valence-corrected chi connectivity index (χ4v) is 5.01. The van der Waals surface area contributed by atoms with E-state index < -0.39 is 6.04 Å². The van der Waals surface area contributed by atoms with Gasteiger partial charge in [0.1, 0.15) is 6.04 Å². The Hall–Kier alpha value is -4.38. The molecule has 2 amide bonds. The van der Waals surface area contributed by atoms with Gasteiger partial charge in [-0.2, -0.15) is 0 Å². The molecule has 0 saturated heterocycles. The van der Waals surface area contributed by atoms with Gasteiger partial charge in [-0.1, -0.05) is 91.0 Å². The first-order chi connectivity index (χ1) is 18.0. The van der Waals surface area contributed by atoms with Crippen LogP contribution in [0.5, 0.6) is 0 Å². The van der Waals surface area contributed by atoms with E-state index in [1.807, 2.05) is 104 Å². The molecule has 0 fully saturated rings. The molecular weight excluding hydrogens is 458 g/mol. The zero-order chi connectivity index (χ0) is 25.8. The van der Waals surface area contributed by atoms with Crippen LogP contribution in [0.1, 0.15) is 44.6 Å². The van der Waals surface area contributed by atoms with Crippen LogP contribution in [0.3, 0.4) is 0 Å². The Balaban J connectivity index is 1.43. The number of nitrogens with zero attached hydrogens (tertiary/aromatic N) is 2. The molecule has 1 aliphatic rings. The maximum Gasteiger partial charge on any atom is 0.255 e. The van der Waals surface area contributed by atoms with E-state index in [-0.39, 0.29) is 17.7 Å². The second-order valence-electron chi connectivity index (χ2n) is 9.60. The van der Waals surface area contributed by atoms with Crippen molar-refractivity contribution in [2.75, 3.05) is 25.5 Å². The van der Waals surface area contributed by atoms with Crippen LogP contribution in [0.2, 0.25) is 0 Å². The summed E-state index contributed by atoms with van der Waals surface area (Å²) in [5, 5.41) is 3.09. The Bertz CT molecular complexity index is 1330. The van der Waals surface area contributed by atoms with E-state index >= 15 is 0 Å². The molecule has 1 unspecified atom stereocenters. The van der Waals surface area contributed by atoms with E-state index in [4.69, 9.17) is 0 Å². The molecule has 1 atom stereocenters. The van der Waals surface area contributed by atoms with Crippen LogP contribution in [0, 0.1) is 0 Å². The van der Waals surface area contributed by atoms with Gasteiger partial charge < -0.3 is 15.1 Å². The topological polar surface area (TPSA) is 52.7 Å². The summed E-state index contributed by atoms with van der Waals surface area (Å²) in [6.07, 6.45) is 0. The van der Waals surface area contributed by atoms with Gasteiger partial charge in [-0.05, 0) is 40.5 Å². The molecule has 0 spiro atoms. The summed E-state index contributed by atoms with van der Waals surface area (Å²) in [7, 11) is 4.00. The highest BCUT2D eigenvalue weighted by molar-refractivity contribution is 6.04. The molecular formula is C32H31N3O2. The fraction of sp³-hybridized carbons (Fsp3) is 0.188. The molecule has 0 aliphatic carbocycles. The number of fused-ring (bicyclic) bond motifs is 1. The van der Waals surface area contributed by atoms with Gasteiger partial charge in [0, 0.05) is 44.4 Å². The smallest absolute Gasteiger partial charge is 0.255 e. The van der Waals surface area contributed by atoms with Crippen molar-refractivity contribution in [2.45, 2.75) is 18.5 Å². The molecule has 0 aromatic heterocycles. The summed E-state index contributed by atoms with van der Waals surface area (Å²) in [5.41, 5.74) is 5.68. The van der Waals surface area contributed by atoms with Gasteiger partial charge in [-0.15, -0.1) is 0 Å². The van der Waals surface area contributed by atoms with Crippen LogP contribution in [0.25, 0.3) is 0 Å². The Morgan fingerprint density at radius 1 is 0.811 bits per heavy atom. The number of nitrogens with one attached hydrogen (secondary N) is 1. The van der Waals surface area contributed by atoms with Crippen LogP contribution in [-0.2, 0) is 11.3 Å². The van der Waals surface area contributed by atoms with Crippen molar-refractivity contribution >= 4 is 17.5 Å². The maximum absolute atomic E-state index is 13.7. The summed E-state index contributed by atoms with van der Waals surface area (Å²) in [6.45, 7) is 0.797. The number of anilines is 1. The molecule has 4 aromatic rings. The lowest BCUT2D eigenvalue weighted by Gasteiger charge is -2.29. The van der Waals surface area contributed by atoms with Crippen molar-refractivity contribution in [1.82, 2.24) is 10.2 Å². The quantitative estimate of drug-likeness (QED) is 0.361. The van der Waals surface area contributed by atoms with Crippen LogP contribution in [-0.4, -0.2) is 37.4 Å². The van der Waals surface area contributed by atoms with Gasteiger partial charge in [-0.25, -0.2) is 0 Å². The van der Waals surface area contributed by atoms with E-state index in [9.17, 15) is 9.59 Å². The normalized spacial score (nSPS) is 14.5. The minimum Gasteiger partial charge on any atom is -0.378 e. The zero-order valence-corrected chi connectivity index (χ0v) is 21.2. The zero-order valence-electron chi connectivity index (χ0n) is 21.2. The number of hydrogen-bond acceptors (Lipinski definition) is 3. The summed E-state index contributed by atoms with van der Waals surface area (Å²) in [4.78, 5) is 31.1. The molecule has 0 saturated carbocycles. The van der Waals surface area contributed by atoms with Crippen LogP contribution in [0.15, 0.2) is 109 Å². The Labute approximate surface area is 218 Å². The van der Waals surface area contributed by atoms with E-state index in [1.165, 1.54) is 0 Å². The molecule has 5 nitrogen and oxygen atoms in total. The number of benzene rings is 4. The van der Waals surface area contributed by atoms with Crippen molar-refractivity contribution in [3.05, 3.63) is 137 Å². The third kappa shape index (κ3) is 5.12.